The Morgan fingerprint density at radius 2 is 1.82 bits per heavy atom. The lowest BCUT2D eigenvalue weighted by atomic mass is 9.86. The minimum Gasteiger partial charge on any atom is -0.257 e. The average molecular weight is 397 g/mol. The topological polar surface area (TPSA) is 81.1 Å². The molecule has 1 unspecified atom stereocenters. The van der Waals surface area contributed by atoms with Crippen LogP contribution in [0.2, 0.25) is 0 Å². The zero-order chi connectivity index (χ0) is 20.5. The molecule has 5 nitrogen and oxygen atoms in total. The molecule has 1 aliphatic rings. The molecule has 1 aliphatic heterocycles. The van der Waals surface area contributed by atoms with Crippen LogP contribution in [0.15, 0.2) is 48.5 Å². The van der Waals surface area contributed by atoms with E-state index in [9.17, 15) is 18.5 Å². The van der Waals surface area contributed by atoms with E-state index in [1.54, 1.807) is 14.0 Å². The minimum atomic E-state index is -3.60. The van der Waals surface area contributed by atoms with E-state index >= 15 is 0 Å². The molecular formula is C22H24N2O3S+. The fourth-order valence-electron chi connectivity index (χ4n) is 3.99. The monoisotopic (exact) mass is 396 g/mol. The van der Waals surface area contributed by atoms with Crippen molar-refractivity contribution in [2.75, 3.05) is 23.5 Å². The lowest BCUT2D eigenvalue weighted by Gasteiger charge is -2.20. The van der Waals surface area contributed by atoms with Gasteiger partial charge < -0.3 is 0 Å². The van der Waals surface area contributed by atoms with Crippen LogP contribution >= 0.6 is 0 Å². The van der Waals surface area contributed by atoms with Crippen LogP contribution in [0, 0.1) is 18.3 Å². The second kappa shape index (κ2) is 7.40. The Labute approximate surface area is 166 Å². The van der Waals surface area contributed by atoms with Crippen LogP contribution in [-0.2, 0) is 20.0 Å². The Morgan fingerprint density at radius 3 is 2.46 bits per heavy atom. The maximum atomic E-state index is 13.1. The maximum Gasteiger partial charge on any atom is 0.558 e. The molecule has 0 fully saturated rings. The summed E-state index contributed by atoms with van der Waals surface area (Å²) in [5.74, 6) is -1.06. The quantitative estimate of drug-likeness (QED) is 0.701. The van der Waals surface area contributed by atoms with Crippen LogP contribution in [0.1, 0.15) is 36.0 Å². The van der Waals surface area contributed by atoms with Crippen molar-refractivity contribution in [3.63, 3.8) is 0 Å². The molecule has 145 valence electrons. The zero-order valence-electron chi connectivity index (χ0n) is 16.3. The molecule has 1 amide bonds. The standard InChI is InChI=1S/C22H24N2O3S/c1-16-8-10-17(11-9-16)18(12-13-23)14-28(26,27)15-22(2)19-6-4-5-7-20(19)24(3)21(22)25/h4-11,18H,12,14-15H2,1-3H3/q+1/t18?,22-/m1/s1. The summed E-state index contributed by atoms with van der Waals surface area (Å²) in [6, 6.07) is 17.0. The molecule has 2 aromatic carbocycles. The summed E-state index contributed by atoms with van der Waals surface area (Å²) in [5, 5.41) is 9.19. The number of nitriles is 1. The number of sulfone groups is 1. The van der Waals surface area contributed by atoms with E-state index in [1.165, 1.54) is 4.90 Å². The van der Waals surface area contributed by atoms with Crippen molar-refractivity contribution in [2.45, 2.75) is 31.6 Å². The number of benzene rings is 2. The van der Waals surface area contributed by atoms with Gasteiger partial charge in [0.1, 0.15) is 0 Å². The highest BCUT2D eigenvalue weighted by atomic mass is 32.2. The molecule has 28 heavy (non-hydrogen) atoms. The summed E-state index contributed by atoms with van der Waals surface area (Å²) in [4.78, 5) is 14.4. The largest absolute Gasteiger partial charge is 0.558 e. The van der Waals surface area contributed by atoms with Crippen LogP contribution in [0.4, 0.5) is 5.69 Å². The molecular weight excluding hydrogens is 372 g/mol. The summed E-state index contributed by atoms with van der Waals surface area (Å²) in [6.07, 6.45) is 0.115. The molecule has 0 aromatic heterocycles. The molecule has 0 N–H and O–H groups in total. The number of carbonyl (C=O) groups excluding carboxylic acids is 1. The number of aryl methyl sites for hydroxylation is 1. The SMILES string of the molecule is Cc1ccc(C(CC#N)CS(=O)(=O)C[C@@]2(C)C(=[O+])N(C)c3ccccc32)cc1. The second-order valence-electron chi connectivity index (χ2n) is 7.74. The van der Waals surface area contributed by atoms with Crippen LogP contribution in [0.3, 0.4) is 0 Å². The Bertz CT molecular complexity index is 1040. The predicted octanol–water partition coefficient (Wildman–Crippen LogP) is 3.34. The Kier molecular flexibility index (Phi) is 5.31. The first-order valence-corrected chi connectivity index (χ1v) is 11.0. The summed E-state index contributed by atoms with van der Waals surface area (Å²) in [5.41, 5.74) is 2.27. The van der Waals surface area contributed by atoms with Crippen molar-refractivity contribution in [3.05, 3.63) is 65.2 Å². The number of carbonyl (C=O) groups is 1. The lowest BCUT2D eigenvalue weighted by molar-refractivity contribution is -0.121. The van der Waals surface area contributed by atoms with Gasteiger partial charge in [-0.15, -0.1) is 0 Å². The molecule has 1 radical (unpaired) electrons. The average Bonchev–Trinajstić information content (AvgIpc) is 2.83. The number of anilines is 1. The van der Waals surface area contributed by atoms with Gasteiger partial charge in [0, 0.05) is 19.4 Å². The van der Waals surface area contributed by atoms with Crippen LogP contribution in [0.5, 0.6) is 0 Å². The Hall–Kier alpha value is -2.65. The summed E-state index contributed by atoms with van der Waals surface area (Å²) >= 11 is 0. The van der Waals surface area contributed by atoms with Gasteiger partial charge in [-0.05, 0) is 31.0 Å². The Morgan fingerprint density at radius 1 is 1.18 bits per heavy atom. The third-order valence-electron chi connectivity index (χ3n) is 5.49. The molecule has 0 aliphatic carbocycles. The fraction of sp³-hybridized carbons (Fsp3) is 0.364. The van der Waals surface area contributed by atoms with Crippen LogP contribution in [-0.4, -0.2) is 32.9 Å². The van der Waals surface area contributed by atoms with Gasteiger partial charge in [0.25, 0.3) is 0 Å². The van der Waals surface area contributed by atoms with Gasteiger partial charge in [-0.2, -0.15) is 5.26 Å². The van der Waals surface area contributed by atoms with Crippen molar-refractivity contribution in [3.8, 4) is 6.07 Å². The summed E-state index contributed by atoms with van der Waals surface area (Å²) < 4.78 is 26.2. The van der Waals surface area contributed by atoms with Crippen molar-refractivity contribution in [1.82, 2.24) is 0 Å². The molecule has 0 spiro atoms. The number of hydrogen-bond acceptors (Lipinski definition) is 4. The van der Waals surface area contributed by atoms with Gasteiger partial charge >= 0.3 is 5.91 Å². The zero-order valence-corrected chi connectivity index (χ0v) is 17.2. The highest BCUT2D eigenvalue weighted by Gasteiger charge is 2.57. The van der Waals surface area contributed by atoms with Crippen molar-refractivity contribution in [2.24, 2.45) is 0 Å². The van der Waals surface area contributed by atoms with Gasteiger partial charge in [-0.3, -0.25) is 4.90 Å². The molecule has 0 saturated carbocycles. The molecule has 6 heteroatoms. The molecule has 0 bridgehead atoms. The molecule has 0 saturated heterocycles. The summed E-state index contributed by atoms with van der Waals surface area (Å²) in [6.45, 7) is 3.65. The first-order valence-electron chi connectivity index (χ1n) is 9.19. The highest BCUT2D eigenvalue weighted by molar-refractivity contribution is 7.91. The number of nitrogens with zero attached hydrogens (tertiary/aromatic N) is 2. The third-order valence-corrected chi connectivity index (χ3v) is 7.41. The normalized spacial score (nSPS) is 19.9. The van der Waals surface area contributed by atoms with E-state index in [0.29, 0.717) is 0 Å². The van der Waals surface area contributed by atoms with Gasteiger partial charge in [0.15, 0.2) is 15.3 Å². The maximum absolute atomic E-state index is 13.1. The van der Waals surface area contributed by atoms with E-state index < -0.39 is 21.2 Å². The van der Waals surface area contributed by atoms with Crippen LogP contribution in [0.25, 0.3) is 0 Å². The second-order valence-corrected chi connectivity index (χ2v) is 9.85. The molecule has 2 atom stereocenters. The minimum absolute atomic E-state index is 0.115. The number of rotatable bonds is 6. The Balaban J connectivity index is 1.89. The molecule has 2 aromatic rings. The van der Waals surface area contributed by atoms with E-state index in [2.05, 4.69) is 6.07 Å². The third kappa shape index (κ3) is 3.67. The predicted molar refractivity (Wildman–Crippen MR) is 110 cm³/mol. The van der Waals surface area contributed by atoms with E-state index in [-0.39, 0.29) is 23.8 Å². The van der Waals surface area contributed by atoms with Crippen molar-refractivity contribution < 1.29 is 13.2 Å². The van der Waals surface area contributed by atoms with E-state index in [0.717, 1.165) is 22.4 Å². The van der Waals surface area contributed by atoms with Gasteiger partial charge in [0.05, 0.1) is 23.3 Å². The first kappa shape index (κ1) is 20.1. The number of para-hydroxylation sites is 1. The smallest absolute Gasteiger partial charge is 0.257 e. The van der Waals surface area contributed by atoms with Gasteiger partial charge in [-0.25, -0.2) is 8.42 Å². The molecule has 3 rings (SSSR count). The number of hydrogen-bond donors (Lipinski definition) is 0. The molecule has 1 heterocycles. The number of amides is 1. The van der Waals surface area contributed by atoms with E-state index in [4.69, 9.17) is 0 Å². The first-order chi connectivity index (χ1) is 13.2. The fourth-order valence-corrected chi connectivity index (χ4v) is 6.19. The highest BCUT2D eigenvalue weighted by Crippen LogP contribution is 2.42. The van der Waals surface area contributed by atoms with Gasteiger partial charge in [-0.1, -0.05) is 48.0 Å². The lowest BCUT2D eigenvalue weighted by Crippen LogP contribution is -2.42. The van der Waals surface area contributed by atoms with Crippen LogP contribution < -0.4 is 4.90 Å². The van der Waals surface area contributed by atoms with Crippen molar-refractivity contribution >= 4 is 21.4 Å². The van der Waals surface area contributed by atoms with E-state index in [1.807, 2.05) is 55.5 Å². The number of likely N-dealkylation sites (N-methyl/N-ethyl adjacent to an activating group) is 1. The number of fused-ring (bicyclic) bond motifs is 1. The summed E-state index contributed by atoms with van der Waals surface area (Å²) in [7, 11) is -1.93. The van der Waals surface area contributed by atoms with Gasteiger partial charge in [0.2, 0.25) is 4.79 Å². The van der Waals surface area contributed by atoms with Crippen molar-refractivity contribution in [1.29, 1.82) is 5.26 Å².